The van der Waals surface area contributed by atoms with E-state index in [2.05, 4.69) is 22.2 Å². The molecule has 1 aromatic heterocycles. The van der Waals surface area contributed by atoms with Crippen LogP contribution in [0.15, 0.2) is 17.6 Å². The number of anilines is 1. The highest BCUT2D eigenvalue weighted by atomic mass is 35.5. The number of thiazole rings is 1. The van der Waals surface area contributed by atoms with Gasteiger partial charge in [0, 0.05) is 12.6 Å². The first-order chi connectivity index (χ1) is 9.25. The predicted octanol–water partition coefficient (Wildman–Crippen LogP) is 3.85. The summed E-state index contributed by atoms with van der Waals surface area (Å²) in [5, 5.41) is 4.27. The molecule has 0 radical (unpaired) electrons. The van der Waals surface area contributed by atoms with Crippen LogP contribution in [-0.2, 0) is 0 Å². The first kappa shape index (κ1) is 13.2. The fourth-order valence-electron chi connectivity index (χ4n) is 2.70. The van der Waals surface area contributed by atoms with Crippen LogP contribution in [0, 0.1) is 0 Å². The first-order valence-electron chi connectivity index (χ1n) is 6.71. The number of rotatable bonds is 3. The number of nitrogens with zero attached hydrogens (tertiary/aromatic N) is 2. The van der Waals surface area contributed by atoms with E-state index < -0.39 is 0 Å². The van der Waals surface area contributed by atoms with Gasteiger partial charge in [-0.15, -0.1) is 11.3 Å². The van der Waals surface area contributed by atoms with Crippen LogP contribution in [0.25, 0.3) is 10.2 Å². The van der Waals surface area contributed by atoms with E-state index in [1.54, 1.807) is 11.3 Å². The summed E-state index contributed by atoms with van der Waals surface area (Å²) in [4.78, 5) is 6.86. The van der Waals surface area contributed by atoms with E-state index in [1.165, 1.54) is 30.5 Å². The molecule has 3 nitrogen and oxygen atoms in total. The van der Waals surface area contributed by atoms with Gasteiger partial charge in [-0.1, -0.05) is 18.0 Å². The van der Waals surface area contributed by atoms with Gasteiger partial charge in [0.1, 0.15) is 5.52 Å². The van der Waals surface area contributed by atoms with E-state index in [1.807, 2.05) is 17.6 Å². The minimum absolute atomic E-state index is 0.596. The van der Waals surface area contributed by atoms with Gasteiger partial charge in [0.15, 0.2) is 0 Å². The molecule has 1 unspecified atom stereocenters. The van der Waals surface area contributed by atoms with Crippen LogP contribution >= 0.6 is 22.9 Å². The Balaban J connectivity index is 1.77. The molecule has 0 saturated carbocycles. The molecule has 3 rings (SSSR count). The van der Waals surface area contributed by atoms with Crippen LogP contribution in [0.3, 0.4) is 0 Å². The Hall–Kier alpha value is -0.840. The molecule has 1 fully saturated rings. The number of likely N-dealkylation sites (tertiary alicyclic amines) is 1. The monoisotopic (exact) mass is 295 g/mol. The summed E-state index contributed by atoms with van der Waals surface area (Å²) in [6, 6.07) is 4.58. The lowest BCUT2D eigenvalue weighted by Crippen LogP contribution is -2.40. The molecule has 5 heteroatoms. The molecule has 1 aliphatic rings. The van der Waals surface area contributed by atoms with Crippen LogP contribution in [0.2, 0.25) is 5.02 Å². The van der Waals surface area contributed by atoms with Gasteiger partial charge in [-0.05, 0) is 38.6 Å². The molecule has 2 heterocycles. The molecule has 1 aliphatic heterocycles. The highest BCUT2D eigenvalue weighted by molar-refractivity contribution is 7.16. The highest BCUT2D eigenvalue weighted by Gasteiger charge is 2.19. The number of piperidine rings is 1. The van der Waals surface area contributed by atoms with Gasteiger partial charge in [0.2, 0.25) is 0 Å². The standard InChI is InChI=1S/C14H18ClN3S/c1-18-7-3-2-4-10(18)8-16-13-11(15)5-6-12-14(13)17-9-19-12/h5-6,9-10,16H,2-4,7-8H2,1H3. The second kappa shape index (κ2) is 5.65. The van der Waals surface area contributed by atoms with Gasteiger partial charge in [-0.2, -0.15) is 0 Å². The molecule has 0 aliphatic carbocycles. The zero-order valence-electron chi connectivity index (χ0n) is 11.0. The minimum atomic E-state index is 0.596. The minimum Gasteiger partial charge on any atom is -0.380 e. The SMILES string of the molecule is CN1CCCCC1CNc1c(Cl)ccc2scnc12. The summed E-state index contributed by atoms with van der Waals surface area (Å²) in [6.07, 6.45) is 3.90. The Labute approximate surface area is 122 Å². The van der Waals surface area contributed by atoms with Crippen LogP contribution in [0.4, 0.5) is 5.69 Å². The van der Waals surface area contributed by atoms with E-state index in [-0.39, 0.29) is 0 Å². The third-order valence-corrected chi connectivity index (χ3v) is 5.00. The highest BCUT2D eigenvalue weighted by Crippen LogP contribution is 2.32. The average Bonchev–Trinajstić information content (AvgIpc) is 2.88. The van der Waals surface area contributed by atoms with Crippen molar-refractivity contribution in [3.8, 4) is 0 Å². The number of nitrogens with one attached hydrogen (secondary N) is 1. The largest absolute Gasteiger partial charge is 0.380 e. The third kappa shape index (κ3) is 2.71. The van der Waals surface area contributed by atoms with Crippen molar-refractivity contribution in [2.45, 2.75) is 25.3 Å². The van der Waals surface area contributed by atoms with Crippen molar-refractivity contribution < 1.29 is 0 Å². The smallest absolute Gasteiger partial charge is 0.106 e. The number of halogens is 1. The third-order valence-electron chi connectivity index (χ3n) is 3.89. The lowest BCUT2D eigenvalue weighted by atomic mass is 10.0. The van der Waals surface area contributed by atoms with Crippen molar-refractivity contribution in [2.75, 3.05) is 25.5 Å². The first-order valence-corrected chi connectivity index (χ1v) is 7.97. The van der Waals surface area contributed by atoms with E-state index in [4.69, 9.17) is 11.6 Å². The molecule has 1 saturated heterocycles. The molecule has 0 spiro atoms. The van der Waals surface area contributed by atoms with Gasteiger partial charge in [0.05, 0.1) is 20.9 Å². The fourth-order valence-corrected chi connectivity index (χ4v) is 3.60. The van der Waals surface area contributed by atoms with Crippen molar-refractivity contribution in [3.63, 3.8) is 0 Å². The summed E-state index contributed by atoms with van der Waals surface area (Å²) >= 11 is 7.95. The van der Waals surface area contributed by atoms with Crippen molar-refractivity contribution >= 4 is 38.8 Å². The van der Waals surface area contributed by atoms with E-state index in [9.17, 15) is 0 Å². The summed E-state index contributed by atoms with van der Waals surface area (Å²) in [5.74, 6) is 0. The van der Waals surface area contributed by atoms with Crippen LogP contribution in [0.5, 0.6) is 0 Å². The normalized spacial score (nSPS) is 20.8. The van der Waals surface area contributed by atoms with Crippen molar-refractivity contribution in [1.82, 2.24) is 9.88 Å². The van der Waals surface area contributed by atoms with Crippen molar-refractivity contribution in [3.05, 3.63) is 22.7 Å². The Kier molecular flexibility index (Phi) is 3.91. The van der Waals surface area contributed by atoms with E-state index >= 15 is 0 Å². The Morgan fingerprint density at radius 3 is 3.21 bits per heavy atom. The van der Waals surface area contributed by atoms with Crippen LogP contribution < -0.4 is 5.32 Å². The van der Waals surface area contributed by atoms with Gasteiger partial charge in [-0.25, -0.2) is 4.98 Å². The van der Waals surface area contributed by atoms with Gasteiger partial charge in [-0.3, -0.25) is 0 Å². The number of aromatic nitrogens is 1. The van der Waals surface area contributed by atoms with Crippen molar-refractivity contribution in [2.24, 2.45) is 0 Å². The van der Waals surface area contributed by atoms with E-state index in [0.29, 0.717) is 6.04 Å². The zero-order valence-corrected chi connectivity index (χ0v) is 12.6. The quantitative estimate of drug-likeness (QED) is 0.932. The summed E-state index contributed by atoms with van der Waals surface area (Å²) in [7, 11) is 2.20. The Bertz CT molecular complexity index is 569. The summed E-state index contributed by atoms with van der Waals surface area (Å²) in [5.41, 5.74) is 3.86. The van der Waals surface area contributed by atoms with Gasteiger partial charge in [0.25, 0.3) is 0 Å². The summed E-state index contributed by atoms with van der Waals surface area (Å²) in [6.45, 7) is 2.13. The maximum atomic E-state index is 6.30. The fraction of sp³-hybridized carbons (Fsp3) is 0.500. The predicted molar refractivity (Wildman–Crippen MR) is 83.4 cm³/mol. The Morgan fingerprint density at radius 1 is 1.47 bits per heavy atom. The van der Waals surface area contributed by atoms with Gasteiger partial charge >= 0.3 is 0 Å². The molecule has 102 valence electrons. The second-order valence-corrected chi connectivity index (χ2v) is 6.43. The van der Waals surface area contributed by atoms with Crippen molar-refractivity contribution in [1.29, 1.82) is 0 Å². The second-order valence-electron chi connectivity index (χ2n) is 5.13. The molecule has 19 heavy (non-hydrogen) atoms. The van der Waals surface area contributed by atoms with Crippen LogP contribution in [-0.4, -0.2) is 36.1 Å². The molecule has 1 aromatic carbocycles. The zero-order chi connectivity index (χ0) is 13.2. The molecule has 1 N–H and O–H groups in total. The van der Waals surface area contributed by atoms with E-state index in [0.717, 1.165) is 22.8 Å². The number of hydrogen-bond acceptors (Lipinski definition) is 4. The summed E-state index contributed by atoms with van der Waals surface area (Å²) < 4.78 is 1.18. The number of benzene rings is 1. The maximum Gasteiger partial charge on any atom is 0.106 e. The molecule has 0 amide bonds. The molecular formula is C14H18ClN3S. The molecule has 2 aromatic rings. The van der Waals surface area contributed by atoms with Gasteiger partial charge < -0.3 is 10.2 Å². The molecule has 0 bridgehead atoms. The lowest BCUT2D eigenvalue weighted by molar-refractivity contribution is 0.195. The molecule has 1 atom stereocenters. The molecular weight excluding hydrogens is 278 g/mol. The number of hydrogen-bond donors (Lipinski definition) is 1. The van der Waals surface area contributed by atoms with Crippen LogP contribution in [0.1, 0.15) is 19.3 Å². The topological polar surface area (TPSA) is 28.2 Å². The number of fused-ring (bicyclic) bond motifs is 1. The lowest BCUT2D eigenvalue weighted by Gasteiger charge is -2.32. The average molecular weight is 296 g/mol. The maximum absolute atomic E-state index is 6.30. The Morgan fingerprint density at radius 2 is 2.37 bits per heavy atom. The number of likely N-dealkylation sites (N-methyl/N-ethyl adjacent to an activating group) is 1.